The topological polar surface area (TPSA) is 85.5 Å². The third kappa shape index (κ3) is 5.06. The third-order valence-electron chi connectivity index (χ3n) is 4.95. The fourth-order valence-corrected chi connectivity index (χ4v) is 3.38. The molecule has 0 bridgehead atoms. The summed E-state index contributed by atoms with van der Waals surface area (Å²) in [5, 5.41) is 0. The fourth-order valence-electron chi connectivity index (χ4n) is 3.38. The zero-order chi connectivity index (χ0) is 20.8. The Balaban J connectivity index is 1.32. The highest BCUT2D eigenvalue weighted by Gasteiger charge is 2.15. The summed E-state index contributed by atoms with van der Waals surface area (Å²) in [7, 11) is 1.64. The molecule has 7 heteroatoms. The van der Waals surface area contributed by atoms with Crippen LogP contribution in [0, 0.1) is 0 Å². The van der Waals surface area contributed by atoms with Gasteiger partial charge in [0.1, 0.15) is 17.1 Å². The predicted molar refractivity (Wildman–Crippen MR) is 114 cm³/mol. The molecule has 0 spiro atoms. The minimum absolute atomic E-state index is 0.315. The molecule has 2 N–H and O–H groups in total. The Kier molecular flexibility index (Phi) is 6.41. The van der Waals surface area contributed by atoms with Gasteiger partial charge in [0.15, 0.2) is 6.29 Å². The van der Waals surface area contributed by atoms with Crippen LogP contribution in [0.3, 0.4) is 0 Å². The van der Waals surface area contributed by atoms with Crippen molar-refractivity contribution in [3.8, 4) is 5.75 Å². The average Bonchev–Trinajstić information content (AvgIpc) is 3.20. The lowest BCUT2D eigenvalue weighted by Crippen LogP contribution is -2.32. The lowest BCUT2D eigenvalue weighted by Gasteiger charge is -2.21. The van der Waals surface area contributed by atoms with Gasteiger partial charge in [0, 0.05) is 25.5 Å². The van der Waals surface area contributed by atoms with E-state index in [2.05, 4.69) is 15.4 Å². The van der Waals surface area contributed by atoms with E-state index in [1.807, 2.05) is 42.5 Å². The first-order valence-corrected chi connectivity index (χ1v) is 10.1. The van der Waals surface area contributed by atoms with E-state index in [4.69, 9.17) is 14.3 Å². The number of nitrogens with zero attached hydrogens (tertiary/aromatic N) is 1. The molecule has 0 aliphatic carbocycles. The van der Waals surface area contributed by atoms with Crippen LogP contribution >= 0.6 is 0 Å². The van der Waals surface area contributed by atoms with Crippen molar-refractivity contribution in [1.29, 1.82) is 0 Å². The summed E-state index contributed by atoms with van der Waals surface area (Å²) in [6, 6.07) is 13.8. The van der Waals surface area contributed by atoms with E-state index in [9.17, 15) is 4.79 Å². The predicted octanol–water partition coefficient (Wildman–Crippen LogP) is 3.75. The molecule has 0 radical (unpaired) electrons. The van der Waals surface area contributed by atoms with Gasteiger partial charge in [-0.05, 0) is 42.2 Å². The second kappa shape index (κ2) is 9.56. The lowest BCUT2D eigenvalue weighted by molar-refractivity contribution is -0.198. The molecule has 1 aliphatic rings. The number of imidazole rings is 1. The number of methoxy groups -OCH3 is 1. The second-order valence-corrected chi connectivity index (χ2v) is 7.17. The van der Waals surface area contributed by atoms with Gasteiger partial charge in [0.2, 0.25) is 0 Å². The van der Waals surface area contributed by atoms with Crippen LogP contribution in [0.15, 0.2) is 48.5 Å². The zero-order valence-electron chi connectivity index (χ0n) is 16.9. The minimum Gasteiger partial charge on any atom is -0.494 e. The molecule has 1 amide bonds. The molecule has 0 saturated carbocycles. The number of amides is 1. The lowest BCUT2D eigenvalue weighted by atomic mass is 10.1. The van der Waals surface area contributed by atoms with Crippen molar-refractivity contribution in [3.05, 3.63) is 65.5 Å². The van der Waals surface area contributed by atoms with Crippen molar-refractivity contribution in [2.75, 3.05) is 13.7 Å². The van der Waals surface area contributed by atoms with E-state index >= 15 is 0 Å². The van der Waals surface area contributed by atoms with Gasteiger partial charge in [-0.3, -0.25) is 4.79 Å². The Morgan fingerprint density at radius 2 is 2.13 bits per heavy atom. The van der Waals surface area contributed by atoms with Crippen LogP contribution < -0.4 is 10.2 Å². The summed E-state index contributed by atoms with van der Waals surface area (Å²) in [5.74, 6) is 1.32. The molecule has 1 atom stereocenters. The van der Waals surface area contributed by atoms with Crippen molar-refractivity contribution in [1.82, 2.24) is 15.4 Å². The summed E-state index contributed by atoms with van der Waals surface area (Å²) in [5.41, 5.74) is 6.25. The molecule has 2 aromatic carbocycles. The van der Waals surface area contributed by atoms with Crippen LogP contribution in [-0.2, 0) is 20.8 Å². The molecule has 2 heterocycles. The van der Waals surface area contributed by atoms with Gasteiger partial charge in [-0.25, -0.2) is 15.3 Å². The normalized spacial score (nSPS) is 16.8. The van der Waals surface area contributed by atoms with E-state index in [0.717, 1.165) is 53.0 Å². The number of H-pyrrole nitrogens is 1. The monoisotopic (exact) mass is 407 g/mol. The third-order valence-corrected chi connectivity index (χ3v) is 4.95. The summed E-state index contributed by atoms with van der Waals surface area (Å²) >= 11 is 0. The molecule has 1 aliphatic heterocycles. The molecule has 1 unspecified atom stereocenters. The van der Waals surface area contributed by atoms with E-state index in [1.165, 1.54) is 6.08 Å². The number of nitrogens with one attached hydrogen (secondary N) is 2. The van der Waals surface area contributed by atoms with Crippen LogP contribution in [0.4, 0.5) is 0 Å². The van der Waals surface area contributed by atoms with Crippen molar-refractivity contribution >= 4 is 23.0 Å². The van der Waals surface area contributed by atoms with Gasteiger partial charge in [-0.15, -0.1) is 0 Å². The summed E-state index contributed by atoms with van der Waals surface area (Å²) in [6.07, 6.45) is 6.40. The van der Waals surface area contributed by atoms with Crippen molar-refractivity contribution in [3.63, 3.8) is 0 Å². The maximum absolute atomic E-state index is 11.9. The number of ether oxygens (including phenoxy) is 2. The number of carbonyl (C=O) groups is 1. The van der Waals surface area contributed by atoms with Crippen LogP contribution in [0.2, 0.25) is 0 Å². The first-order chi connectivity index (χ1) is 14.7. The molecule has 30 heavy (non-hydrogen) atoms. The molecule has 4 rings (SSSR count). The van der Waals surface area contributed by atoms with E-state index < -0.39 is 0 Å². The largest absolute Gasteiger partial charge is 0.494 e. The Bertz CT molecular complexity index is 1020. The minimum atomic E-state index is -0.353. The first-order valence-electron chi connectivity index (χ1n) is 10.1. The molecular weight excluding hydrogens is 382 g/mol. The van der Waals surface area contributed by atoms with Gasteiger partial charge < -0.3 is 14.5 Å². The highest BCUT2D eigenvalue weighted by Crippen LogP contribution is 2.24. The Hall–Kier alpha value is -3.16. The molecule has 1 aromatic heterocycles. The highest BCUT2D eigenvalue weighted by atomic mass is 16.8. The molecule has 7 nitrogen and oxygen atoms in total. The number of hydrogen-bond acceptors (Lipinski definition) is 5. The standard InChI is InChI=1S/C23H25N3O4/c1-28-19-6-4-5-18-23(19)25-20(24-18)15-17-10-8-16(9-11-17)12-13-21(27)26-30-22-7-2-3-14-29-22/h4-6,8-13,22H,2-3,7,14-15H2,1H3,(H,24,25)(H,26,27)/b13-12+. The first kappa shape index (κ1) is 20.1. The van der Waals surface area contributed by atoms with Crippen molar-refractivity contribution in [2.24, 2.45) is 0 Å². The summed E-state index contributed by atoms with van der Waals surface area (Å²) < 4.78 is 10.8. The molecule has 156 valence electrons. The number of para-hydroxylation sites is 1. The SMILES string of the molecule is COc1cccc2[nH]c(Cc3ccc(/C=C/C(=O)NOC4CCCCO4)cc3)nc12. The average molecular weight is 407 g/mol. The number of hydrogen-bond donors (Lipinski definition) is 2. The Morgan fingerprint density at radius 1 is 1.27 bits per heavy atom. The number of carbonyl (C=O) groups excluding carboxylic acids is 1. The number of aromatic nitrogens is 2. The van der Waals surface area contributed by atoms with Crippen molar-refractivity contribution < 1.29 is 19.1 Å². The van der Waals surface area contributed by atoms with Gasteiger partial charge in [-0.1, -0.05) is 30.3 Å². The zero-order valence-corrected chi connectivity index (χ0v) is 16.9. The summed E-state index contributed by atoms with van der Waals surface area (Å²) in [4.78, 5) is 25.2. The smallest absolute Gasteiger partial charge is 0.267 e. The molecular formula is C23H25N3O4. The van der Waals surface area contributed by atoms with E-state index in [-0.39, 0.29) is 12.2 Å². The highest BCUT2D eigenvalue weighted by molar-refractivity contribution is 5.90. The van der Waals surface area contributed by atoms with Gasteiger partial charge in [0.25, 0.3) is 5.91 Å². The van der Waals surface area contributed by atoms with Crippen molar-refractivity contribution in [2.45, 2.75) is 32.0 Å². The van der Waals surface area contributed by atoms with Gasteiger partial charge >= 0.3 is 0 Å². The fraction of sp³-hybridized carbons (Fsp3) is 0.304. The molecule has 3 aromatic rings. The number of hydroxylamine groups is 1. The van der Waals surface area contributed by atoms with Crippen LogP contribution in [-0.4, -0.2) is 35.9 Å². The Labute approximate surface area is 175 Å². The van der Waals surface area contributed by atoms with Gasteiger partial charge in [0.05, 0.1) is 12.6 Å². The number of fused-ring (bicyclic) bond motifs is 1. The van der Waals surface area contributed by atoms with E-state index in [1.54, 1.807) is 13.2 Å². The Morgan fingerprint density at radius 3 is 2.90 bits per heavy atom. The maximum Gasteiger partial charge on any atom is 0.267 e. The van der Waals surface area contributed by atoms with Crippen LogP contribution in [0.5, 0.6) is 5.75 Å². The van der Waals surface area contributed by atoms with Crippen LogP contribution in [0.25, 0.3) is 17.1 Å². The number of benzene rings is 2. The maximum atomic E-state index is 11.9. The summed E-state index contributed by atoms with van der Waals surface area (Å²) in [6.45, 7) is 0.671. The number of aromatic amines is 1. The second-order valence-electron chi connectivity index (χ2n) is 7.17. The van der Waals surface area contributed by atoms with Crippen LogP contribution in [0.1, 0.15) is 36.2 Å². The number of rotatable bonds is 7. The molecule has 1 fully saturated rings. The molecule has 1 saturated heterocycles. The quantitative estimate of drug-likeness (QED) is 0.460. The van der Waals surface area contributed by atoms with Gasteiger partial charge in [-0.2, -0.15) is 0 Å². The van der Waals surface area contributed by atoms with E-state index in [0.29, 0.717) is 13.0 Å².